The molecule has 0 aliphatic heterocycles. The number of rotatable bonds is 8. The molecule has 0 radical (unpaired) electrons. The van der Waals surface area contributed by atoms with E-state index in [1.165, 1.54) is 18.3 Å². The summed E-state index contributed by atoms with van der Waals surface area (Å²) in [7, 11) is -3.74. The molecule has 7 heteroatoms. The van der Waals surface area contributed by atoms with Gasteiger partial charge in [0.25, 0.3) is 10.0 Å². The van der Waals surface area contributed by atoms with Crippen LogP contribution in [0.25, 0.3) is 0 Å². The summed E-state index contributed by atoms with van der Waals surface area (Å²) in [6.45, 7) is 7.68. The highest BCUT2D eigenvalue weighted by molar-refractivity contribution is 7.89. The van der Waals surface area contributed by atoms with Gasteiger partial charge in [-0.1, -0.05) is 12.1 Å². The predicted octanol–water partition coefficient (Wildman–Crippen LogP) is 3.57. The standard InChI is InChI=1S/C19H24N2O4S/c1-14(2)24-17-8-10-19(11-9-17)26(22,23)21-20-13-16-6-5-7-18(12-16)25-15(3)4/h5-15,21H,1-4H3/b20-13+. The first kappa shape index (κ1) is 19.8. The summed E-state index contributed by atoms with van der Waals surface area (Å²) in [6, 6.07) is 13.4. The van der Waals surface area contributed by atoms with Crippen LogP contribution >= 0.6 is 0 Å². The Morgan fingerprint density at radius 1 is 0.923 bits per heavy atom. The van der Waals surface area contributed by atoms with E-state index in [0.717, 1.165) is 5.56 Å². The summed E-state index contributed by atoms with van der Waals surface area (Å²) in [5.74, 6) is 1.32. The average Bonchev–Trinajstić information content (AvgIpc) is 2.54. The van der Waals surface area contributed by atoms with Crippen molar-refractivity contribution in [2.45, 2.75) is 44.8 Å². The molecule has 0 fully saturated rings. The van der Waals surface area contributed by atoms with E-state index in [2.05, 4.69) is 9.93 Å². The molecule has 0 saturated carbocycles. The number of hydrogen-bond acceptors (Lipinski definition) is 5. The minimum Gasteiger partial charge on any atom is -0.491 e. The molecular weight excluding hydrogens is 352 g/mol. The van der Waals surface area contributed by atoms with E-state index < -0.39 is 10.0 Å². The van der Waals surface area contributed by atoms with Crippen LogP contribution in [0.1, 0.15) is 33.3 Å². The molecular formula is C19H24N2O4S. The Labute approximate surface area is 154 Å². The highest BCUT2D eigenvalue weighted by atomic mass is 32.2. The molecule has 0 atom stereocenters. The molecule has 0 unspecified atom stereocenters. The summed E-state index contributed by atoms with van der Waals surface area (Å²) in [5.41, 5.74) is 0.728. The monoisotopic (exact) mass is 376 g/mol. The van der Waals surface area contributed by atoms with E-state index in [-0.39, 0.29) is 17.1 Å². The lowest BCUT2D eigenvalue weighted by Crippen LogP contribution is -2.18. The molecule has 2 rings (SSSR count). The molecule has 0 amide bonds. The second-order valence-corrected chi connectivity index (χ2v) is 7.89. The van der Waals surface area contributed by atoms with Crippen LogP contribution in [0.3, 0.4) is 0 Å². The van der Waals surface area contributed by atoms with Gasteiger partial charge in [0.1, 0.15) is 11.5 Å². The van der Waals surface area contributed by atoms with Crippen molar-refractivity contribution in [3.63, 3.8) is 0 Å². The first-order valence-corrected chi connectivity index (χ1v) is 9.83. The van der Waals surface area contributed by atoms with E-state index in [4.69, 9.17) is 9.47 Å². The van der Waals surface area contributed by atoms with Crippen LogP contribution in [0.2, 0.25) is 0 Å². The SMILES string of the molecule is CC(C)Oc1ccc(S(=O)(=O)N/N=C/c2cccc(OC(C)C)c2)cc1. The molecule has 1 N–H and O–H groups in total. The van der Waals surface area contributed by atoms with Gasteiger partial charge in [0.2, 0.25) is 0 Å². The number of benzene rings is 2. The van der Waals surface area contributed by atoms with E-state index in [0.29, 0.717) is 11.5 Å². The van der Waals surface area contributed by atoms with Gasteiger partial charge in [0.05, 0.1) is 23.3 Å². The number of hydrogen-bond donors (Lipinski definition) is 1. The topological polar surface area (TPSA) is 77.0 Å². The van der Waals surface area contributed by atoms with E-state index in [1.54, 1.807) is 18.2 Å². The zero-order valence-corrected chi connectivity index (χ0v) is 16.2. The van der Waals surface area contributed by atoms with Crippen molar-refractivity contribution in [3.8, 4) is 11.5 Å². The Hall–Kier alpha value is -2.54. The van der Waals surface area contributed by atoms with Crippen LogP contribution < -0.4 is 14.3 Å². The third kappa shape index (κ3) is 6.07. The summed E-state index contributed by atoms with van der Waals surface area (Å²) < 4.78 is 35.7. The van der Waals surface area contributed by atoms with Crippen molar-refractivity contribution < 1.29 is 17.9 Å². The minimum absolute atomic E-state index is 0.0237. The molecule has 0 saturated heterocycles. The highest BCUT2D eigenvalue weighted by Gasteiger charge is 2.12. The Morgan fingerprint density at radius 3 is 2.15 bits per heavy atom. The number of hydrazone groups is 1. The van der Waals surface area contributed by atoms with Crippen molar-refractivity contribution in [2.75, 3.05) is 0 Å². The van der Waals surface area contributed by atoms with Crippen LogP contribution in [-0.4, -0.2) is 26.8 Å². The maximum Gasteiger partial charge on any atom is 0.276 e. The van der Waals surface area contributed by atoms with E-state index >= 15 is 0 Å². The quantitative estimate of drug-likeness (QED) is 0.564. The number of nitrogens with zero attached hydrogens (tertiary/aromatic N) is 1. The fraction of sp³-hybridized carbons (Fsp3) is 0.316. The number of nitrogens with one attached hydrogen (secondary N) is 1. The van der Waals surface area contributed by atoms with Gasteiger partial charge in [-0.05, 0) is 69.7 Å². The lowest BCUT2D eigenvalue weighted by atomic mass is 10.2. The molecule has 0 spiro atoms. The van der Waals surface area contributed by atoms with Crippen molar-refractivity contribution in [2.24, 2.45) is 5.10 Å². The van der Waals surface area contributed by atoms with Crippen molar-refractivity contribution in [3.05, 3.63) is 54.1 Å². The lowest BCUT2D eigenvalue weighted by molar-refractivity contribution is 0.242. The second-order valence-electron chi connectivity index (χ2n) is 6.23. The molecule has 6 nitrogen and oxygen atoms in total. The van der Waals surface area contributed by atoms with Crippen molar-refractivity contribution in [1.29, 1.82) is 0 Å². The summed E-state index contributed by atoms with van der Waals surface area (Å²) in [5, 5.41) is 3.83. The Morgan fingerprint density at radius 2 is 1.54 bits per heavy atom. The van der Waals surface area contributed by atoms with E-state index in [9.17, 15) is 8.42 Å². The fourth-order valence-electron chi connectivity index (χ4n) is 2.13. The summed E-state index contributed by atoms with van der Waals surface area (Å²) in [4.78, 5) is 2.32. The van der Waals surface area contributed by atoms with Crippen LogP contribution in [-0.2, 0) is 10.0 Å². The van der Waals surface area contributed by atoms with Gasteiger partial charge in [0.15, 0.2) is 0 Å². The van der Waals surface area contributed by atoms with Crippen LogP contribution in [0, 0.1) is 0 Å². The van der Waals surface area contributed by atoms with Crippen molar-refractivity contribution in [1.82, 2.24) is 4.83 Å². The first-order chi connectivity index (χ1) is 12.3. The van der Waals surface area contributed by atoms with Crippen LogP contribution in [0.5, 0.6) is 11.5 Å². The third-order valence-electron chi connectivity index (χ3n) is 3.12. The predicted molar refractivity (Wildman–Crippen MR) is 102 cm³/mol. The third-order valence-corrected chi connectivity index (χ3v) is 4.36. The van der Waals surface area contributed by atoms with Crippen LogP contribution in [0.15, 0.2) is 58.5 Å². The first-order valence-electron chi connectivity index (χ1n) is 8.34. The minimum atomic E-state index is -3.74. The Kier molecular flexibility index (Phi) is 6.63. The molecule has 0 aliphatic carbocycles. The average molecular weight is 376 g/mol. The number of ether oxygens (including phenoxy) is 2. The number of sulfonamides is 1. The molecule has 26 heavy (non-hydrogen) atoms. The zero-order valence-electron chi connectivity index (χ0n) is 15.3. The largest absolute Gasteiger partial charge is 0.491 e. The molecule has 2 aromatic rings. The summed E-state index contributed by atoms with van der Waals surface area (Å²) in [6.07, 6.45) is 1.51. The molecule has 0 aliphatic rings. The Balaban J connectivity index is 2.04. The van der Waals surface area contributed by atoms with Crippen LogP contribution in [0.4, 0.5) is 0 Å². The van der Waals surface area contributed by atoms with Gasteiger partial charge < -0.3 is 9.47 Å². The van der Waals surface area contributed by atoms with Gasteiger partial charge in [-0.2, -0.15) is 13.5 Å². The smallest absolute Gasteiger partial charge is 0.276 e. The zero-order chi connectivity index (χ0) is 19.2. The maximum absolute atomic E-state index is 12.3. The molecule has 0 aromatic heterocycles. The van der Waals surface area contributed by atoms with Gasteiger partial charge in [-0.3, -0.25) is 0 Å². The molecule has 140 valence electrons. The lowest BCUT2D eigenvalue weighted by Gasteiger charge is -2.10. The molecule has 0 heterocycles. The highest BCUT2D eigenvalue weighted by Crippen LogP contribution is 2.17. The van der Waals surface area contributed by atoms with Gasteiger partial charge in [0, 0.05) is 0 Å². The molecule has 2 aromatic carbocycles. The molecule has 0 bridgehead atoms. The maximum atomic E-state index is 12.3. The van der Waals surface area contributed by atoms with Gasteiger partial charge in [-0.25, -0.2) is 4.83 Å². The van der Waals surface area contributed by atoms with Gasteiger partial charge in [-0.15, -0.1) is 0 Å². The normalized spacial score (nSPS) is 11.9. The van der Waals surface area contributed by atoms with E-state index in [1.807, 2.05) is 45.9 Å². The fourth-order valence-corrected chi connectivity index (χ4v) is 2.92. The second kappa shape index (κ2) is 8.71. The van der Waals surface area contributed by atoms with Crippen molar-refractivity contribution >= 4 is 16.2 Å². The Bertz CT molecular complexity index is 844. The van der Waals surface area contributed by atoms with Gasteiger partial charge >= 0.3 is 0 Å². The summed E-state index contributed by atoms with van der Waals surface area (Å²) >= 11 is 0.